The molecule has 0 atom stereocenters. The van der Waals surface area contributed by atoms with Gasteiger partial charge in [-0.3, -0.25) is 14.6 Å². The van der Waals surface area contributed by atoms with Gasteiger partial charge in [0.2, 0.25) is 5.95 Å². The molecular weight excluding hydrogens is 220 g/mol. The van der Waals surface area contributed by atoms with Gasteiger partial charge in [-0.1, -0.05) is 0 Å². The van der Waals surface area contributed by atoms with Crippen LogP contribution in [-0.2, 0) is 0 Å². The highest BCUT2D eigenvalue weighted by Gasteiger charge is 2.12. The second kappa shape index (κ2) is 3.97. The van der Waals surface area contributed by atoms with E-state index in [0.717, 1.165) is 0 Å². The fourth-order valence-electron chi connectivity index (χ4n) is 1.63. The fourth-order valence-corrected chi connectivity index (χ4v) is 1.63. The second-order valence-corrected chi connectivity index (χ2v) is 3.82. The Morgan fingerprint density at radius 3 is 2.65 bits per heavy atom. The number of ketones is 1. The van der Waals surface area contributed by atoms with Gasteiger partial charge >= 0.3 is 0 Å². The largest absolute Gasteiger partial charge is 0.294 e. The van der Waals surface area contributed by atoms with Crippen molar-refractivity contribution in [2.75, 3.05) is 0 Å². The molecule has 0 amide bonds. The molecule has 0 saturated carbocycles. The molecule has 0 aliphatic rings. The van der Waals surface area contributed by atoms with Crippen LogP contribution in [0.3, 0.4) is 0 Å². The summed E-state index contributed by atoms with van der Waals surface area (Å²) in [7, 11) is 0. The van der Waals surface area contributed by atoms with Gasteiger partial charge in [-0.05, 0) is 20.8 Å². The number of rotatable bonds is 2. The number of aromatic amines is 1. The van der Waals surface area contributed by atoms with Crippen molar-refractivity contribution in [1.29, 1.82) is 0 Å². The Kier molecular flexibility index (Phi) is 2.63. The molecule has 1 N–H and O–H groups in total. The van der Waals surface area contributed by atoms with E-state index in [9.17, 15) is 9.59 Å². The summed E-state index contributed by atoms with van der Waals surface area (Å²) in [5.74, 6) is 0.253. The molecule has 6 nitrogen and oxygen atoms in total. The number of hydrogen-bond acceptors (Lipinski definition) is 4. The number of aromatic nitrogens is 4. The van der Waals surface area contributed by atoms with Gasteiger partial charge in [-0.25, -0.2) is 9.67 Å². The Morgan fingerprint density at radius 2 is 2.12 bits per heavy atom. The molecular formula is C11H12N4O2. The van der Waals surface area contributed by atoms with Gasteiger partial charge in [-0.15, -0.1) is 0 Å². The van der Waals surface area contributed by atoms with Crippen LogP contribution in [0, 0.1) is 13.8 Å². The summed E-state index contributed by atoms with van der Waals surface area (Å²) in [5.41, 5.74) is 1.54. The number of carbonyl (C=O) groups is 1. The van der Waals surface area contributed by atoms with Crippen molar-refractivity contribution >= 4 is 5.78 Å². The van der Waals surface area contributed by atoms with Crippen molar-refractivity contribution in [3.63, 3.8) is 0 Å². The van der Waals surface area contributed by atoms with Crippen molar-refractivity contribution in [2.45, 2.75) is 20.8 Å². The lowest BCUT2D eigenvalue weighted by Gasteiger charge is -2.03. The van der Waals surface area contributed by atoms with E-state index >= 15 is 0 Å². The van der Waals surface area contributed by atoms with Crippen LogP contribution < -0.4 is 5.56 Å². The summed E-state index contributed by atoms with van der Waals surface area (Å²) in [6.07, 6.45) is 1.47. The van der Waals surface area contributed by atoms with Crippen LogP contribution in [0.25, 0.3) is 5.95 Å². The molecule has 2 rings (SSSR count). The second-order valence-electron chi connectivity index (χ2n) is 3.82. The molecule has 0 radical (unpaired) electrons. The number of hydrogen-bond donors (Lipinski definition) is 1. The van der Waals surface area contributed by atoms with E-state index in [-0.39, 0.29) is 11.3 Å². The van der Waals surface area contributed by atoms with Crippen LogP contribution in [0.2, 0.25) is 0 Å². The standard InChI is InChI=1S/C11H12N4O2/c1-6-4-10(17)14-11(13-6)15-7(2)9(5-12-15)8(3)16/h4-5H,1-3H3,(H,13,14,17). The Hall–Kier alpha value is -2.24. The van der Waals surface area contributed by atoms with Crippen LogP contribution in [0.5, 0.6) is 0 Å². The lowest BCUT2D eigenvalue weighted by molar-refractivity contribution is 0.101. The Labute approximate surface area is 97.3 Å². The van der Waals surface area contributed by atoms with Crippen LogP contribution in [0.4, 0.5) is 0 Å². The third-order valence-electron chi connectivity index (χ3n) is 2.45. The molecule has 88 valence electrons. The van der Waals surface area contributed by atoms with Gasteiger partial charge in [0, 0.05) is 11.8 Å². The summed E-state index contributed by atoms with van der Waals surface area (Å²) in [4.78, 5) is 29.4. The highest BCUT2D eigenvalue weighted by molar-refractivity contribution is 5.94. The summed E-state index contributed by atoms with van der Waals surface area (Å²) >= 11 is 0. The Morgan fingerprint density at radius 1 is 1.41 bits per heavy atom. The summed E-state index contributed by atoms with van der Waals surface area (Å²) in [6.45, 7) is 4.95. The third-order valence-corrected chi connectivity index (χ3v) is 2.45. The van der Waals surface area contributed by atoms with E-state index in [2.05, 4.69) is 15.1 Å². The van der Waals surface area contributed by atoms with E-state index in [0.29, 0.717) is 22.9 Å². The van der Waals surface area contributed by atoms with Crippen molar-refractivity contribution in [2.24, 2.45) is 0 Å². The lowest BCUT2D eigenvalue weighted by Crippen LogP contribution is -2.15. The maximum absolute atomic E-state index is 11.3. The minimum atomic E-state index is -0.244. The molecule has 2 aromatic heterocycles. The first-order valence-electron chi connectivity index (χ1n) is 5.13. The number of aryl methyl sites for hydroxylation is 1. The zero-order valence-corrected chi connectivity index (χ0v) is 9.81. The highest BCUT2D eigenvalue weighted by atomic mass is 16.1. The molecule has 2 heterocycles. The van der Waals surface area contributed by atoms with Gasteiger partial charge in [0.15, 0.2) is 5.78 Å². The first kappa shape index (κ1) is 11.3. The van der Waals surface area contributed by atoms with Gasteiger partial charge in [0.1, 0.15) is 0 Å². The molecule has 0 fully saturated rings. The lowest BCUT2D eigenvalue weighted by atomic mass is 10.2. The van der Waals surface area contributed by atoms with E-state index in [1.54, 1.807) is 13.8 Å². The molecule has 0 bridgehead atoms. The summed E-state index contributed by atoms with van der Waals surface area (Å²) in [5, 5.41) is 4.05. The first-order valence-corrected chi connectivity index (χ1v) is 5.13. The van der Waals surface area contributed by atoms with Crippen molar-refractivity contribution in [1.82, 2.24) is 19.7 Å². The third kappa shape index (κ3) is 2.01. The number of Topliss-reactive ketones (excluding diaryl/α,β-unsaturated/α-hetero) is 1. The number of nitrogens with one attached hydrogen (secondary N) is 1. The molecule has 17 heavy (non-hydrogen) atoms. The predicted octanol–water partition coefficient (Wildman–Crippen LogP) is 0.775. The molecule has 0 unspecified atom stereocenters. The molecule has 0 aliphatic carbocycles. The van der Waals surface area contributed by atoms with E-state index in [1.807, 2.05) is 0 Å². The summed E-state index contributed by atoms with van der Waals surface area (Å²) in [6, 6.07) is 1.40. The monoisotopic (exact) mass is 232 g/mol. The average Bonchev–Trinajstić information content (AvgIpc) is 2.58. The molecule has 0 aliphatic heterocycles. The van der Waals surface area contributed by atoms with Crippen molar-refractivity contribution in [3.8, 4) is 5.95 Å². The zero-order chi connectivity index (χ0) is 12.6. The molecule has 6 heteroatoms. The quantitative estimate of drug-likeness (QED) is 0.775. The molecule has 0 saturated heterocycles. The SMILES string of the molecule is CC(=O)c1cnn(-c2nc(C)cc(=O)[nH]2)c1C. The maximum atomic E-state index is 11.3. The fraction of sp³-hybridized carbons (Fsp3) is 0.273. The number of carbonyl (C=O) groups excluding carboxylic acids is 1. The van der Waals surface area contributed by atoms with Gasteiger partial charge in [0.05, 0.1) is 17.5 Å². The average molecular weight is 232 g/mol. The smallest absolute Gasteiger partial charge is 0.252 e. The Balaban J connectivity index is 2.61. The molecule has 0 spiro atoms. The first-order chi connectivity index (χ1) is 7.99. The molecule has 2 aromatic rings. The van der Waals surface area contributed by atoms with Crippen LogP contribution >= 0.6 is 0 Å². The van der Waals surface area contributed by atoms with Gasteiger partial charge < -0.3 is 0 Å². The van der Waals surface area contributed by atoms with Gasteiger partial charge in [-0.2, -0.15) is 5.10 Å². The minimum Gasteiger partial charge on any atom is -0.294 e. The predicted molar refractivity (Wildman–Crippen MR) is 61.5 cm³/mol. The van der Waals surface area contributed by atoms with E-state index < -0.39 is 0 Å². The van der Waals surface area contributed by atoms with Crippen molar-refractivity contribution in [3.05, 3.63) is 39.6 Å². The topological polar surface area (TPSA) is 80.6 Å². The van der Waals surface area contributed by atoms with E-state index in [1.165, 1.54) is 23.9 Å². The Bertz CT molecular complexity index is 639. The normalized spacial score (nSPS) is 10.5. The van der Waals surface area contributed by atoms with Gasteiger partial charge in [0.25, 0.3) is 5.56 Å². The van der Waals surface area contributed by atoms with Crippen molar-refractivity contribution < 1.29 is 4.79 Å². The minimum absolute atomic E-state index is 0.0660. The van der Waals surface area contributed by atoms with Crippen LogP contribution in [0.15, 0.2) is 17.1 Å². The zero-order valence-electron chi connectivity index (χ0n) is 9.81. The van der Waals surface area contributed by atoms with Crippen LogP contribution in [0.1, 0.15) is 28.7 Å². The van der Waals surface area contributed by atoms with E-state index in [4.69, 9.17) is 0 Å². The molecule has 0 aromatic carbocycles. The van der Waals surface area contributed by atoms with Crippen LogP contribution in [-0.4, -0.2) is 25.5 Å². The summed E-state index contributed by atoms with van der Waals surface area (Å²) < 4.78 is 1.45. The number of H-pyrrole nitrogens is 1. The number of nitrogens with zero attached hydrogens (tertiary/aromatic N) is 3. The maximum Gasteiger partial charge on any atom is 0.252 e. The highest BCUT2D eigenvalue weighted by Crippen LogP contribution is 2.10.